The third kappa shape index (κ3) is 4.65. The van der Waals surface area contributed by atoms with E-state index in [1.807, 2.05) is 31.2 Å². The van der Waals surface area contributed by atoms with Crippen LogP contribution in [0, 0.1) is 19.3 Å². The number of carbonyl (C=O) groups is 1. The van der Waals surface area contributed by atoms with Crippen LogP contribution in [0.4, 0.5) is 0 Å². The van der Waals surface area contributed by atoms with Gasteiger partial charge in [0.15, 0.2) is 0 Å². The lowest BCUT2D eigenvalue weighted by molar-refractivity contribution is -0.119. The van der Waals surface area contributed by atoms with Gasteiger partial charge in [-0.1, -0.05) is 12.1 Å². The highest BCUT2D eigenvalue weighted by molar-refractivity contribution is 5.78. The predicted molar refractivity (Wildman–Crippen MR) is 64.4 cm³/mol. The summed E-state index contributed by atoms with van der Waals surface area (Å²) in [6, 6.07) is 7.78. The van der Waals surface area contributed by atoms with Crippen LogP contribution in [0.5, 0.6) is 5.75 Å². The van der Waals surface area contributed by atoms with Crippen molar-refractivity contribution in [2.24, 2.45) is 0 Å². The molecule has 0 radical (unpaired) electrons. The molecule has 2 heteroatoms. The summed E-state index contributed by atoms with van der Waals surface area (Å²) in [5.74, 6) is 3.42. The van der Waals surface area contributed by atoms with Crippen LogP contribution < -0.4 is 4.74 Å². The third-order valence-electron chi connectivity index (χ3n) is 2.19. The average molecular weight is 216 g/mol. The van der Waals surface area contributed by atoms with E-state index in [4.69, 9.17) is 11.2 Å². The Labute approximate surface area is 96.6 Å². The number of carbonyl (C=O) groups excluding carboxylic acids is 1. The Morgan fingerprint density at radius 3 is 2.94 bits per heavy atom. The molecule has 1 aromatic rings. The molecule has 0 spiro atoms. The average Bonchev–Trinajstić information content (AvgIpc) is 2.26. The van der Waals surface area contributed by atoms with Gasteiger partial charge in [-0.25, -0.2) is 0 Å². The van der Waals surface area contributed by atoms with Crippen molar-refractivity contribution in [2.45, 2.75) is 26.2 Å². The zero-order chi connectivity index (χ0) is 11.8. The van der Waals surface area contributed by atoms with Crippen molar-refractivity contribution < 1.29 is 9.53 Å². The van der Waals surface area contributed by atoms with Crippen LogP contribution in [0.2, 0.25) is 0 Å². The first-order chi connectivity index (χ1) is 7.72. The number of Topliss-reactive ketones (excluding diaryl/α,β-unsaturated/α-hetero) is 1. The molecule has 0 saturated carbocycles. The van der Waals surface area contributed by atoms with E-state index < -0.39 is 0 Å². The standard InChI is InChI=1S/C14H16O2/c1-3-4-7-13(15)9-10-16-14-8-5-6-12(2)11-14/h1,5-6,8,11H,4,7,9-10H2,2H3. The second-order valence-electron chi connectivity index (χ2n) is 3.66. The Balaban J connectivity index is 2.26. The van der Waals surface area contributed by atoms with E-state index in [2.05, 4.69) is 5.92 Å². The maximum Gasteiger partial charge on any atom is 0.137 e. The highest BCUT2D eigenvalue weighted by atomic mass is 16.5. The van der Waals surface area contributed by atoms with Crippen molar-refractivity contribution in [1.82, 2.24) is 0 Å². The van der Waals surface area contributed by atoms with E-state index in [0.717, 1.165) is 11.3 Å². The number of benzene rings is 1. The molecule has 1 aromatic carbocycles. The van der Waals surface area contributed by atoms with Gasteiger partial charge in [-0.2, -0.15) is 0 Å². The molecule has 0 saturated heterocycles. The van der Waals surface area contributed by atoms with E-state index in [0.29, 0.717) is 25.9 Å². The summed E-state index contributed by atoms with van der Waals surface area (Å²) in [5, 5.41) is 0. The molecule has 84 valence electrons. The fraction of sp³-hybridized carbons (Fsp3) is 0.357. The minimum Gasteiger partial charge on any atom is -0.493 e. The van der Waals surface area contributed by atoms with E-state index >= 15 is 0 Å². The van der Waals surface area contributed by atoms with Gasteiger partial charge in [0.2, 0.25) is 0 Å². The number of hydrogen-bond acceptors (Lipinski definition) is 2. The molecule has 0 fully saturated rings. The largest absolute Gasteiger partial charge is 0.493 e. The minimum atomic E-state index is 0.158. The predicted octanol–water partition coefficient (Wildman–Crippen LogP) is 2.75. The van der Waals surface area contributed by atoms with E-state index in [1.54, 1.807) is 0 Å². The molecular weight excluding hydrogens is 200 g/mol. The molecule has 0 aromatic heterocycles. The third-order valence-corrected chi connectivity index (χ3v) is 2.19. The molecule has 0 amide bonds. The molecule has 0 bridgehead atoms. The van der Waals surface area contributed by atoms with Gasteiger partial charge in [0.1, 0.15) is 11.5 Å². The van der Waals surface area contributed by atoms with Crippen molar-refractivity contribution in [2.75, 3.05) is 6.61 Å². The number of aryl methyl sites for hydroxylation is 1. The van der Waals surface area contributed by atoms with Gasteiger partial charge in [0, 0.05) is 19.3 Å². The lowest BCUT2D eigenvalue weighted by atomic mass is 10.2. The zero-order valence-corrected chi connectivity index (χ0v) is 9.53. The highest BCUT2D eigenvalue weighted by Gasteiger charge is 2.01. The van der Waals surface area contributed by atoms with Gasteiger partial charge in [-0.3, -0.25) is 4.79 Å². The molecule has 1 rings (SSSR count). The number of rotatable bonds is 6. The molecule has 0 aliphatic carbocycles. The van der Waals surface area contributed by atoms with Crippen LogP contribution in [-0.2, 0) is 4.79 Å². The summed E-state index contributed by atoms with van der Waals surface area (Å²) in [4.78, 5) is 11.3. The Morgan fingerprint density at radius 2 is 2.25 bits per heavy atom. The Hall–Kier alpha value is -1.75. The Morgan fingerprint density at radius 1 is 1.44 bits per heavy atom. The number of hydrogen-bond donors (Lipinski definition) is 0. The Kier molecular flexibility index (Phi) is 5.15. The summed E-state index contributed by atoms with van der Waals surface area (Å²) in [5.41, 5.74) is 1.15. The lowest BCUT2D eigenvalue weighted by Crippen LogP contribution is -2.05. The molecule has 0 N–H and O–H groups in total. The van der Waals surface area contributed by atoms with Crippen molar-refractivity contribution in [3.05, 3.63) is 29.8 Å². The monoisotopic (exact) mass is 216 g/mol. The molecule has 16 heavy (non-hydrogen) atoms. The molecule has 2 nitrogen and oxygen atoms in total. The number of ether oxygens (including phenoxy) is 1. The first kappa shape index (κ1) is 12.3. The number of terminal acetylenes is 1. The van der Waals surface area contributed by atoms with Gasteiger partial charge >= 0.3 is 0 Å². The second-order valence-corrected chi connectivity index (χ2v) is 3.66. The van der Waals surface area contributed by atoms with Crippen molar-refractivity contribution in [1.29, 1.82) is 0 Å². The lowest BCUT2D eigenvalue weighted by Gasteiger charge is -2.05. The molecule has 0 unspecified atom stereocenters. The number of ketones is 1. The fourth-order valence-corrected chi connectivity index (χ4v) is 1.32. The normalized spacial score (nSPS) is 9.50. The summed E-state index contributed by atoms with van der Waals surface area (Å²) >= 11 is 0. The molecular formula is C14H16O2. The maximum absolute atomic E-state index is 11.3. The van der Waals surface area contributed by atoms with E-state index in [9.17, 15) is 4.79 Å². The van der Waals surface area contributed by atoms with Crippen LogP contribution in [0.3, 0.4) is 0 Å². The summed E-state index contributed by atoms with van der Waals surface area (Å²) in [6.45, 7) is 2.43. The van der Waals surface area contributed by atoms with E-state index in [1.165, 1.54) is 0 Å². The summed E-state index contributed by atoms with van der Waals surface area (Å²) in [7, 11) is 0. The van der Waals surface area contributed by atoms with Crippen LogP contribution in [0.15, 0.2) is 24.3 Å². The second kappa shape index (κ2) is 6.68. The molecule has 0 aliphatic rings. The van der Waals surface area contributed by atoms with Crippen LogP contribution in [0.1, 0.15) is 24.8 Å². The van der Waals surface area contributed by atoms with Gasteiger partial charge in [-0.05, 0) is 24.6 Å². The van der Waals surface area contributed by atoms with Crippen molar-refractivity contribution >= 4 is 5.78 Å². The molecule has 0 atom stereocenters. The summed E-state index contributed by atoms with van der Waals surface area (Å²) < 4.78 is 5.46. The van der Waals surface area contributed by atoms with Gasteiger partial charge in [0.05, 0.1) is 6.61 Å². The summed E-state index contributed by atoms with van der Waals surface area (Å²) in [6.07, 6.45) is 6.48. The smallest absolute Gasteiger partial charge is 0.137 e. The maximum atomic E-state index is 11.3. The van der Waals surface area contributed by atoms with Crippen LogP contribution in [-0.4, -0.2) is 12.4 Å². The van der Waals surface area contributed by atoms with Crippen LogP contribution >= 0.6 is 0 Å². The zero-order valence-electron chi connectivity index (χ0n) is 9.53. The van der Waals surface area contributed by atoms with E-state index in [-0.39, 0.29) is 5.78 Å². The first-order valence-corrected chi connectivity index (χ1v) is 5.37. The van der Waals surface area contributed by atoms with Gasteiger partial charge < -0.3 is 4.74 Å². The highest BCUT2D eigenvalue weighted by Crippen LogP contribution is 2.12. The van der Waals surface area contributed by atoms with Crippen LogP contribution in [0.25, 0.3) is 0 Å². The SMILES string of the molecule is C#CCCC(=O)CCOc1cccc(C)c1. The quantitative estimate of drug-likeness (QED) is 0.683. The van der Waals surface area contributed by atoms with Gasteiger partial charge in [0.25, 0.3) is 0 Å². The topological polar surface area (TPSA) is 26.3 Å². The minimum absolute atomic E-state index is 0.158. The van der Waals surface area contributed by atoms with Gasteiger partial charge in [-0.15, -0.1) is 12.3 Å². The first-order valence-electron chi connectivity index (χ1n) is 5.37. The Bertz CT molecular complexity index is 388. The molecule has 0 aliphatic heterocycles. The van der Waals surface area contributed by atoms with Crippen molar-refractivity contribution in [3.8, 4) is 18.1 Å². The van der Waals surface area contributed by atoms with Crippen molar-refractivity contribution in [3.63, 3.8) is 0 Å². The fourth-order valence-electron chi connectivity index (χ4n) is 1.32. The molecule has 0 heterocycles.